The predicted octanol–water partition coefficient (Wildman–Crippen LogP) is 4.49. The van der Waals surface area contributed by atoms with Crippen LogP contribution in [-0.2, 0) is 0 Å². The van der Waals surface area contributed by atoms with E-state index in [1.165, 1.54) is 6.07 Å². The van der Waals surface area contributed by atoms with E-state index in [2.05, 4.69) is 15.2 Å². The molecule has 0 saturated carbocycles. The van der Waals surface area contributed by atoms with E-state index in [0.29, 0.717) is 11.2 Å². The highest BCUT2D eigenvalue weighted by Gasteiger charge is 2.12. The number of benzene rings is 2. The van der Waals surface area contributed by atoms with Crippen LogP contribution in [0.4, 0.5) is 4.39 Å². The summed E-state index contributed by atoms with van der Waals surface area (Å²) in [5, 5.41) is 10.6. The number of hydrogen-bond donors (Lipinski definition) is 1. The zero-order valence-corrected chi connectivity index (χ0v) is 11.7. The third kappa shape index (κ3) is 2.02. The van der Waals surface area contributed by atoms with E-state index in [1.807, 2.05) is 35.7 Å². The number of nitrogens with one attached hydrogen (secondary N) is 1. The number of thiophene rings is 1. The first-order chi connectivity index (χ1) is 10.3. The van der Waals surface area contributed by atoms with Gasteiger partial charge in [0.15, 0.2) is 11.6 Å². The first-order valence-corrected chi connectivity index (χ1v) is 7.35. The van der Waals surface area contributed by atoms with Gasteiger partial charge in [-0.25, -0.2) is 9.37 Å². The van der Waals surface area contributed by atoms with Gasteiger partial charge in [-0.15, -0.1) is 11.3 Å². The standard InChI is InChI=1S/C16H10FN3S/c17-13-8-7-12(10-4-1-2-5-11(10)13)15-18-16(20-19-15)14-6-3-9-21-14/h1-9H,(H,18,19,20). The van der Waals surface area contributed by atoms with Crippen molar-refractivity contribution in [2.45, 2.75) is 0 Å². The second-order valence-corrected chi connectivity index (χ2v) is 5.57. The lowest BCUT2D eigenvalue weighted by Gasteiger charge is -2.03. The van der Waals surface area contributed by atoms with Gasteiger partial charge >= 0.3 is 0 Å². The molecule has 1 N–H and O–H groups in total. The van der Waals surface area contributed by atoms with Crippen LogP contribution in [0.1, 0.15) is 0 Å². The minimum atomic E-state index is -0.233. The van der Waals surface area contributed by atoms with Crippen molar-refractivity contribution in [2.75, 3.05) is 0 Å². The first kappa shape index (κ1) is 12.2. The molecule has 2 aromatic heterocycles. The van der Waals surface area contributed by atoms with Crippen molar-refractivity contribution < 1.29 is 4.39 Å². The molecule has 2 aromatic carbocycles. The maximum absolute atomic E-state index is 13.9. The number of hydrogen-bond acceptors (Lipinski definition) is 3. The fraction of sp³-hybridized carbons (Fsp3) is 0. The van der Waals surface area contributed by atoms with Crippen LogP contribution in [0.3, 0.4) is 0 Å². The molecule has 4 rings (SSSR count). The third-order valence-corrected chi connectivity index (χ3v) is 4.23. The molecule has 5 heteroatoms. The largest absolute Gasteiger partial charge is 0.258 e. The Bertz CT molecular complexity index is 912. The fourth-order valence-corrected chi connectivity index (χ4v) is 3.03. The second kappa shape index (κ2) is 4.79. The van der Waals surface area contributed by atoms with E-state index in [1.54, 1.807) is 23.5 Å². The van der Waals surface area contributed by atoms with Gasteiger partial charge in [-0.05, 0) is 29.0 Å². The van der Waals surface area contributed by atoms with E-state index in [-0.39, 0.29) is 5.82 Å². The van der Waals surface area contributed by atoms with Crippen molar-refractivity contribution in [3.63, 3.8) is 0 Å². The fourth-order valence-electron chi connectivity index (χ4n) is 2.36. The third-order valence-electron chi connectivity index (χ3n) is 3.35. The molecular formula is C16H10FN3S. The summed E-state index contributed by atoms with van der Waals surface area (Å²) >= 11 is 1.60. The second-order valence-electron chi connectivity index (χ2n) is 4.63. The van der Waals surface area contributed by atoms with Gasteiger partial charge in [0, 0.05) is 10.9 Å². The Morgan fingerprint density at radius 2 is 1.81 bits per heavy atom. The van der Waals surface area contributed by atoms with Gasteiger partial charge in [0.05, 0.1) is 4.88 Å². The lowest BCUT2D eigenvalue weighted by atomic mass is 10.0. The van der Waals surface area contributed by atoms with Crippen LogP contribution >= 0.6 is 11.3 Å². The van der Waals surface area contributed by atoms with Crippen LogP contribution in [0.15, 0.2) is 53.9 Å². The number of nitrogens with zero attached hydrogens (tertiary/aromatic N) is 2. The summed E-state index contributed by atoms with van der Waals surface area (Å²) in [6.07, 6.45) is 0. The molecule has 0 aliphatic heterocycles. The molecule has 0 saturated heterocycles. The number of rotatable bonds is 2. The molecule has 0 spiro atoms. The SMILES string of the molecule is Fc1ccc(-c2n[nH]c(-c3cccs3)n2)c2ccccc12. The molecule has 3 nitrogen and oxygen atoms in total. The molecule has 0 fully saturated rings. The Labute approximate surface area is 124 Å². The van der Waals surface area contributed by atoms with Crippen molar-refractivity contribution in [1.82, 2.24) is 15.2 Å². The van der Waals surface area contributed by atoms with E-state index >= 15 is 0 Å². The van der Waals surface area contributed by atoms with Gasteiger partial charge in [-0.2, -0.15) is 5.10 Å². The maximum atomic E-state index is 13.9. The van der Waals surface area contributed by atoms with Gasteiger partial charge in [0.1, 0.15) is 5.82 Å². The Morgan fingerprint density at radius 1 is 0.952 bits per heavy atom. The summed E-state index contributed by atoms with van der Waals surface area (Å²) in [4.78, 5) is 5.55. The minimum absolute atomic E-state index is 0.233. The molecule has 0 aliphatic rings. The average molecular weight is 295 g/mol. The summed E-state index contributed by atoms with van der Waals surface area (Å²) in [5.41, 5.74) is 0.825. The van der Waals surface area contributed by atoms with E-state index in [9.17, 15) is 4.39 Å². The number of fused-ring (bicyclic) bond motifs is 1. The number of H-pyrrole nitrogens is 1. The quantitative estimate of drug-likeness (QED) is 0.592. The van der Waals surface area contributed by atoms with Gasteiger partial charge < -0.3 is 0 Å². The Balaban J connectivity index is 1.90. The van der Waals surface area contributed by atoms with Crippen LogP contribution in [0.2, 0.25) is 0 Å². The zero-order chi connectivity index (χ0) is 14.2. The normalized spacial score (nSPS) is 11.1. The molecule has 0 radical (unpaired) electrons. The molecule has 0 amide bonds. The summed E-state index contributed by atoms with van der Waals surface area (Å²) in [6.45, 7) is 0. The van der Waals surface area contributed by atoms with Gasteiger partial charge in [-0.3, -0.25) is 5.10 Å². The number of aromatic amines is 1. The summed E-state index contributed by atoms with van der Waals surface area (Å²) in [5.74, 6) is 1.08. The highest BCUT2D eigenvalue weighted by Crippen LogP contribution is 2.30. The van der Waals surface area contributed by atoms with Crippen LogP contribution < -0.4 is 0 Å². The highest BCUT2D eigenvalue weighted by molar-refractivity contribution is 7.13. The first-order valence-electron chi connectivity index (χ1n) is 6.47. The molecule has 102 valence electrons. The lowest BCUT2D eigenvalue weighted by Crippen LogP contribution is -1.86. The Kier molecular flexibility index (Phi) is 2.79. The average Bonchev–Trinajstić information content (AvgIpc) is 3.19. The summed E-state index contributed by atoms with van der Waals surface area (Å²) in [7, 11) is 0. The number of aromatic nitrogens is 3. The Hall–Kier alpha value is -2.53. The smallest absolute Gasteiger partial charge is 0.182 e. The van der Waals surface area contributed by atoms with Gasteiger partial charge in [-0.1, -0.05) is 30.3 Å². The van der Waals surface area contributed by atoms with Crippen molar-refractivity contribution in [3.05, 3.63) is 59.7 Å². The number of halogens is 1. The van der Waals surface area contributed by atoms with Crippen molar-refractivity contribution in [1.29, 1.82) is 0 Å². The lowest BCUT2D eigenvalue weighted by molar-refractivity contribution is 0.640. The van der Waals surface area contributed by atoms with Crippen LogP contribution in [-0.4, -0.2) is 15.2 Å². The predicted molar refractivity (Wildman–Crippen MR) is 82.6 cm³/mol. The van der Waals surface area contributed by atoms with E-state index < -0.39 is 0 Å². The van der Waals surface area contributed by atoms with Crippen LogP contribution in [0, 0.1) is 5.82 Å². The molecule has 0 aliphatic carbocycles. The van der Waals surface area contributed by atoms with Gasteiger partial charge in [0.2, 0.25) is 0 Å². The van der Waals surface area contributed by atoms with Crippen molar-refractivity contribution >= 4 is 22.1 Å². The topological polar surface area (TPSA) is 41.6 Å². The van der Waals surface area contributed by atoms with E-state index in [4.69, 9.17) is 0 Å². The molecule has 2 heterocycles. The Morgan fingerprint density at radius 3 is 2.62 bits per heavy atom. The highest BCUT2D eigenvalue weighted by atomic mass is 32.1. The van der Waals surface area contributed by atoms with Crippen LogP contribution in [0.25, 0.3) is 32.9 Å². The van der Waals surface area contributed by atoms with Gasteiger partial charge in [0.25, 0.3) is 0 Å². The monoisotopic (exact) mass is 295 g/mol. The minimum Gasteiger partial charge on any atom is -0.258 e. The molecule has 21 heavy (non-hydrogen) atoms. The van der Waals surface area contributed by atoms with Crippen molar-refractivity contribution in [2.24, 2.45) is 0 Å². The van der Waals surface area contributed by atoms with E-state index in [0.717, 1.165) is 21.7 Å². The molecule has 4 aromatic rings. The molecular weight excluding hydrogens is 285 g/mol. The summed E-state index contributed by atoms with van der Waals surface area (Å²) in [6, 6.07) is 14.5. The van der Waals surface area contributed by atoms with Crippen LogP contribution in [0.5, 0.6) is 0 Å². The maximum Gasteiger partial charge on any atom is 0.182 e. The summed E-state index contributed by atoms with van der Waals surface area (Å²) < 4.78 is 13.9. The zero-order valence-electron chi connectivity index (χ0n) is 10.9. The van der Waals surface area contributed by atoms with Crippen molar-refractivity contribution in [3.8, 4) is 22.1 Å². The molecule has 0 unspecified atom stereocenters. The molecule has 0 bridgehead atoms. The molecule has 0 atom stereocenters.